The Morgan fingerprint density at radius 3 is 2.13 bits per heavy atom. The third kappa shape index (κ3) is 10.5. The number of nitrogens with two attached hydrogens (primary N) is 1. The second kappa shape index (κ2) is 8.39. The van der Waals surface area contributed by atoms with Crippen LogP contribution in [0.5, 0.6) is 0 Å². The summed E-state index contributed by atoms with van der Waals surface area (Å²) in [6.07, 6.45) is 0.885. The fourth-order valence-electron chi connectivity index (χ4n) is 1.10. The van der Waals surface area contributed by atoms with Gasteiger partial charge in [-0.15, -0.1) is 0 Å². The summed E-state index contributed by atoms with van der Waals surface area (Å²) in [6, 6.07) is 0. The van der Waals surface area contributed by atoms with E-state index in [1.54, 1.807) is 0 Å². The zero-order valence-electron chi connectivity index (χ0n) is 10.4. The Labute approximate surface area is 98.1 Å². The zero-order valence-corrected chi connectivity index (χ0v) is 11.2. The second-order valence-electron chi connectivity index (χ2n) is 4.17. The fraction of sp³-hybridized carbons (Fsp3) is 1.00. The van der Waals surface area contributed by atoms with E-state index in [-0.39, 0.29) is 11.8 Å². The first-order chi connectivity index (χ1) is 6.99. The Balaban J connectivity index is 3.52. The van der Waals surface area contributed by atoms with Gasteiger partial charge in [0.05, 0.1) is 0 Å². The maximum Gasteiger partial charge on any atom is 0.158 e. The number of hydrogen-bond donors (Lipinski definition) is 1. The number of ether oxygens (including phenoxy) is 2. The van der Waals surface area contributed by atoms with Crippen molar-refractivity contribution in [3.05, 3.63) is 0 Å². The predicted octanol–water partition coefficient (Wildman–Crippen LogP) is 2.25. The molecule has 3 nitrogen and oxygen atoms in total. The third-order valence-corrected chi connectivity index (χ3v) is 3.15. The normalized spacial score (nSPS) is 12.4. The molecule has 0 aliphatic rings. The molecule has 0 heterocycles. The van der Waals surface area contributed by atoms with E-state index in [1.807, 2.05) is 39.5 Å². The molecule has 0 bridgehead atoms. The van der Waals surface area contributed by atoms with Crippen LogP contribution in [0.25, 0.3) is 0 Å². The standard InChI is InChI=1S/C11H25NO2S/c1-5-13-10(14-6-2)7-8-15-9-11(3,4)12/h10H,5-9,12H2,1-4H3. The van der Waals surface area contributed by atoms with Crippen LogP contribution in [0.1, 0.15) is 34.1 Å². The van der Waals surface area contributed by atoms with Crippen molar-refractivity contribution in [2.45, 2.75) is 45.9 Å². The molecule has 0 saturated heterocycles. The molecular weight excluding hydrogens is 210 g/mol. The quantitative estimate of drug-likeness (QED) is 0.492. The third-order valence-electron chi connectivity index (χ3n) is 1.68. The molecule has 0 aliphatic heterocycles. The van der Waals surface area contributed by atoms with Gasteiger partial charge in [0, 0.05) is 30.9 Å². The summed E-state index contributed by atoms with van der Waals surface area (Å²) in [4.78, 5) is 0. The molecule has 0 radical (unpaired) electrons. The Hall–Kier alpha value is 0.230. The van der Waals surface area contributed by atoms with Crippen molar-refractivity contribution in [3.8, 4) is 0 Å². The Morgan fingerprint density at radius 1 is 1.20 bits per heavy atom. The lowest BCUT2D eigenvalue weighted by Gasteiger charge is -2.19. The summed E-state index contributed by atoms with van der Waals surface area (Å²) in [5.41, 5.74) is 5.80. The molecule has 15 heavy (non-hydrogen) atoms. The van der Waals surface area contributed by atoms with E-state index in [2.05, 4.69) is 0 Å². The minimum absolute atomic E-state index is 0.0478. The summed E-state index contributed by atoms with van der Waals surface area (Å²) < 4.78 is 10.9. The molecule has 0 amide bonds. The van der Waals surface area contributed by atoms with Gasteiger partial charge >= 0.3 is 0 Å². The molecule has 0 rings (SSSR count). The minimum atomic E-state index is -0.0859. The molecule has 0 aromatic rings. The van der Waals surface area contributed by atoms with Gasteiger partial charge in [0.15, 0.2) is 6.29 Å². The predicted molar refractivity (Wildman–Crippen MR) is 67.2 cm³/mol. The van der Waals surface area contributed by atoms with Gasteiger partial charge in [-0.25, -0.2) is 0 Å². The molecule has 4 heteroatoms. The maximum atomic E-state index is 5.89. The average Bonchev–Trinajstić information content (AvgIpc) is 2.11. The molecule has 0 spiro atoms. The van der Waals surface area contributed by atoms with Crippen LogP contribution in [0.3, 0.4) is 0 Å². The largest absolute Gasteiger partial charge is 0.353 e. The highest BCUT2D eigenvalue weighted by atomic mass is 32.2. The number of hydrogen-bond acceptors (Lipinski definition) is 4. The summed E-state index contributed by atoms with van der Waals surface area (Å²) >= 11 is 1.86. The molecule has 0 atom stereocenters. The van der Waals surface area contributed by atoms with Crippen molar-refractivity contribution in [1.82, 2.24) is 0 Å². The summed E-state index contributed by atoms with van der Waals surface area (Å²) in [6.45, 7) is 9.48. The topological polar surface area (TPSA) is 44.5 Å². The fourth-order valence-corrected chi connectivity index (χ4v) is 2.13. The summed E-state index contributed by atoms with van der Waals surface area (Å²) in [5, 5.41) is 0. The number of thioether (sulfide) groups is 1. The molecule has 0 unspecified atom stereocenters. The van der Waals surface area contributed by atoms with E-state index in [1.165, 1.54) is 0 Å². The molecule has 0 aromatic heterocycles. The summed E-state index contributed by atoms with van der Waals surface area (Å²) in [7, 11) is 0. The van der Waals surface area contributed by atoms with Gasteiger partial charge in [-0.2, -0.15) is 11.8 Å². The molecule has 92 valence electrons. The summed E-state index contributed by atoms with van der Waals surface area (Å²) in [5.74, 6) is 2.00. The van der Waals surface area contributed by atoms with Gasteiger partial charge < -0.3 is 15.2 Å². The lowest BCUT2D eigenvalue weighted by molar-refractivity contribution is -0.136. The van der Waals surface area contributed by atoms with Crippen molar-refractivity contribution in [3.63, 3.8) is 0 Å². The molecule has 0 aliphatic carbocycles. The highest BCUT2D eigenvalue weighted by molar-refractivity contribution is 7.99. The van der Waals surface area contributed by atoms with Crippen LogP contribution in [0, 0.1) is 0 Å². The molecule has 0 saturated carbocycles. The zero-order chi connectivity index (χ0) is 11.7. The van der Waals surface area contributed by atoms with E-state index in [4.69, 9.17) is 15.2 Å². The van der Waals surface area contributed by atoms with Crippen LogP contribution in [0.4, 0.5) is 0 Å². The van der Waals surface area contributed by atoms with Crippen LogP contribution in [0.15, 0.2) is 0 Å². The Kier molecular flexibility index (Phi) is 8.52. The lowest BCUT2D eigenvalue weighted by Crippen LogP contribution is -2.34. The Bertz CT molecular complexity index is 142. The van der Waals surface area contributed by atoms with E-state index in [0.29, 0.717) is 13.2 Å². The first-order valence-corrected chi connectivity index (χ1v) is 6.75. The van der Waals surface area contributed by atoms with Crippen LogP contribution in [-0.4, -0.2) is 36.5 Å². The smallest absolute Gasteiger partial charge is 0.158 e. The van der Waals surface area contributed by atoms with E-state index in [9.17, 15) is 0 Å². The monoisotopic (exact) mass is 235 g/mol. The first kappa shape index (κ1) is 15.2. The van der Waals surface area contributed by atoms with Crippen molar-refractivity contribution in [1.29, 1.82) is 0 Å². The van der Waals surface area contributed by atoms with Gasteiger partial charge in [0.25, 0.3) is 0 Å². The van der Waals surface area contributed by atoms with Gasteiger partial charge in [-0.05, 0) is 33.4 Å². The SMILES string of the molecule is CCOC(CCSCC(C)(C)N)OCC. The van der Waals surface area contributed by atoms with Gasteiger partial charge in [0.2, 0.25) is 0 Å². The highest BCUT2D eigenvalue weighted by Crippen LogP contribution is 2.13. The molecule has 0 fully saturated rings. The Morgan fingerprint density at radius 2 is 1.73 bits per heavy atom. The minimum Gasteiger partial charge on any atom is -0.353 e. The van der Waals surface area contributed by atoms with Gasteiger partial charge in [0.1, 0.15) is 0 Å². The molecular formula is C11H25NO2S. The highest BCUT2D eigenvalue weighted by Gasteiger charge is 2.12. The van der Waals surface area contributed by atoms with Crippen molar-refractivity contribution in [2.24, 2.45) is 5.73 Å². The van der Waals surface area contributed by atoms with Gasteiger partial charge in [-0.3, -0.25) is 0 Å². The second-order valence-corrected chi connectivity index (χ2v) is 5.28. The van der Waals surface area contributed by atoms with Crippen LogP contribution < -0.4 is 5.73 Å². The lowest BCUT2D eigenvalue weighted by atomic mass is 10.1. The number of rotatable bonds is 9. The van der Waals surface area contributed by atoms with Gasteiger partial charge in [-0.1, -0.05) is 0 Å². The first-order valence-electron chi connectivity index (χ1n) is 5.59. The van der Waals surface area contributed by atoms with Crippen molar-refractivity contribution >= 4 is 11.8 Å². The van der Waals surface area contributed by atoms with Crippen LogP contribution >= 0.6 is 11.8 Å². The molecule has 2 N–H and O–H groups in total. The van der Waals surface area contributed by atoms with Crippen LogP contribution in [0.2, 0.25) is 0 Å². The van der Waals surface area contributed by atoms with Crippen LogP contribution in [-0.2, 0) is 9.47 Å². The van der Waals surface area contributed by atoms with E-state index >= 15 is 0 Å². The maximum absolute atomic E-state index is 5.89. The average molecular weight is 235 g/mol. The van der Waals surface area contributed by atoms with E-state index in [0.717, 1.165) is 17.9 Å². The molecule has 0 aromatic carbocycles. The van der Waals surface area contributed by atoms with Crippen molar-refractivity contribution in [2.75, 3.05) is 24.7 Å². The van der Waals surface area contributed by atoms with Crippen molar-refractivity contribution < 1.29 is 9.47 Å². The van der Waals surface area contributed by atoms with E-state index < -0.39 is 0 Å².